The van der Waals surface area contributed by atoms with E-state index in [1.807, 2.05) is 12.1 Å². The zero-order chi connectivity index (χ0) is 11.0. The molecule has 0 aromatic heterocycles. The molecule has 2 aliphatic rings. The predicted molar refractivity (Wildman–Crippen MR) is 61.7 cm³/mol. The number of benzene rings is 1. The third-order valence-electron chi connectivity index (χ3n) is 3.61. The van der Waals surface area contributed by atoms with Gasteiger partial charge < -0.3 is 15.2 Å². The molecule has 0 amide bonds. The molecule has 0 saturated heterocycles. The molecule has 2 N–H and O–H groups in total. The predicted octanol–water partition coefficient (Wildman–Crippen LogP) is 2.26. The highest BCUT2D eigenvalue weighted by Crippen LogP contribution is 2.39. The maximum Gasteiger partial charge on any atom is 0.161 e. The summed E-state index contributed by atoms with van der Waals surface area (Å²) in [5.74, 6) is 2.34. The van der Waals surface area contributed by atoms with Crippen molar-refractivity contribution in [3.8, 4) is 11.5 Å². The molecule has 0 bridgehead atoms. The molecule has 3 nitrogen and oxygen atoms in total. The number of hydrogen-bond acceptors (Lipinski definition) is 3. The first-order valence-electron chi connectivity index (χ1n) is 6.00. The smallest absolute Gasteiger partial charge is 0.161 e. The largest absolute Gasteiger partial charge is 0.486 e. The zero-order valence-corrected chi connectivity index (χ0v) is 9.32. The fourth-order valence-electron chi connectivity index (χ4n) is 2.34. The van der Waals surface area contributed by atoms with Gasteiger partial charge in [0.1, 0.15) is 13.2 Å². The van der Waals surface area contributed by atoms with Crippen molar-refractivity contribution in [3.05, 3.63) is 23.8 Å². The van der Waals surface area contributed by atoms with Gasteiger partial charge in [-0.3, -0.25) is 0 Å². The van der Waals surface area contributed by atoms with E-state index < -0.39 is 0 Å². The van der Waals surface area contributed by atoms with Gasteiger partial charge in [-0.2, -0.15) is 0 Å². The molecule has 1 aliphatic carbocycles. The van der Waals surface area contributed by atoms with Gasteiger partial charge in [0.15, 0.2) is 11.5 Å². The Labute approximate surface area is 95.5 Å². The van der Waals surface area contributed by atoms with E-state index in [1.54, 1.807) is 0 Å². The molecule has 1 aliphatic heterocycles. The van der Waals surface area contributed by atoms with E-state index in [0.717, 1.165) is 11.5 Å². The first kappa shape index (κ1) is 9.97. The number of nitrogens with two attached hydrogens (primary N) is 1. The van der Waals surface area contributed by atoms with Crippen molar-refractivity contribution in [2.24, 2.45) is 11.7 Å². The Bertz CT molecular complexity index is 388. The van der Waals surface area contributed by atoms with E-state index in [1.165, 1.54) is 24.8 Å². The number of rotatable bonds is 2. The molecule has 1 heterocycles. The van der Waals surface area contributed by atoms with E-state index in [2.05, 4.69) is 6.07 Å². The van der Waals surface area contributed by atoms with Crippen LogP contribution in [-0.4, -0.2) is 13.2 Å². The Kier molecular flexibility index (Phi) is 2.48. The zero-order valence-electron chi connectivity index (χ0n) is 9.32. The highest BCUT2D eigenvalue weighted by molar-refractivity contribution is 5.44. The fourth-order valence-corrected chi connectivity index (χ4v) is 2.34. The molecule has 1 unspecified atom stereocenters. The Morgan fingerprint density at radius 1 is 1.12 bits per heavy atom. The summed E-state index contributed by atoms with van der Waals surface area (Å²) in [6, 6.07) is 6.24. The topological polar surface area (TPSA) is 44.5 Å². The van der Waals surface area contributed by atoms with E-state index in [0.29, 0.717) is 19.1 Å². The molecular weight excluding hydrogens is 202 g/mol. The molecule has 1 saturated carbocycles. The lowest BCUT2D eigenvalue weighted by Crippen LogP contribution is -2.27. The van der Waals surface area contributed by atoms with Gasteiger partial charge in [-0.1, -0.05) is 12.5 Å². The monoisotopic (exact) mass is 219 g/mol. The lowest BCUT2D eigenvalue weighted by molar-refractivity contribution is 0.171. The second kappa shape index (κ2) is 3.98. The minimum absolute atomic E-state index is 0.157. The molecule has 86 valence electrons. The van der Waals surface area contributed by atoms with Crippen LogP contribution in [0.5, 0.6) is 11.5 Å². The van der Waals surface area contributed by atoms with Gasteiger partial charge in [-0.15, -0.1) is 0 Å². The molecule has 3 heteroatoms. The molecule has 3 rings (SSSR count). The van der Waals surface area contributed by atoms with Gasteiger partial charge in [0.05, 0.1) is 0 Å². The minimum Gasteiger partial charge on any atom is -0.486 e. The van der Waals surface area contributed by atoms with Crippen molar-refractivity contribution in [1.29, 1.82) is 0 Å². The fraction of sp³-hybridized carbons (Fsp3) is 0.538. The lowest BCUT2D eigenvalue weighted by Gasteiger charge is -2.32. The Morgan fingerprint density at radius 3 is 2.56 bits per heavy atom. The van der Waals surface area contributed by atoms with Crippen LogP contribution in [0.2, 0.25) is 0 Å². The van der Waals surface area contributed by atoms with Crippen molar-refractivity contribution < 1.29 is 9.47 Å². The van der Waals surface area contributed by atoms with Gasteiger partial charge in [-0.05, 0) is 36.5 Å². The molecule has 1 aromatic rings. The quantitative estimate of drug-likeness (QED) is 0.829. The molecule has 0 spiro atoms. The maximum atomic E-state index is 6.24. The Morgan fingerprint density at radius 2 is 1.88 bits per heavy atom. The van der Waals surface area contributed by atoms with Crippen LogP contribution in [0.4, 0.5) is 0 Å². The molecule has 1 atom stereocenters. The normalized spacial score (nSPS) is 21.3. The SMILES string of the molecule is NC(c1ccc2c(c1)OCCO2)C1CCC1. The van der Waals surface area contributed by atoms with E-state index in [4.69, 9.17) is 15.2 Å². The highest BCUT2D eigenvalue weighted by Gasteiger charge is 2.26. The van der Waals surface area contributed by atoms with Gasteiger partial charge in [0, 0.05) is 6.04 Å². The van der Waals surface area contributed by atoms with Crippen LogP contribution in [0.25, 0.3) is 0 Å². The Balaban J connectivity index is 1.84. The third kappa shape index (κ3) is 1.65. The first-order valence-corrected chi connectivity index (χ1v) is 6.00. The lowest BCUT2D eigenvalue weighted by atomic mass is 9.77. The second-order valence-electron chi connectivity index (χ2n) is 4.62. The average molecular weight is 219 g/mol. The number of hydrogen-bond donors (Lipinski definition) is 1. The van der Waals surface area contributed by atoms with Crippen LogP contribution in [-0.2, 0) is 0 Å². The molecule has 1 fully saturated rings. The van der Waals surface area contributed by atoms with Gasteiger partial charge >= 0.3 is 0 Å². The highest BCUT2D eigenvalue weighted by atomic mass is 16.6. The standard InChI is InChI=1S/C13H17NO2/c14-13(9-2-1-3-9)10-4-5-11-12(8-10)16-7-6-15-11/h4-5,8-9,13H,1-3,6-7,14H2. The van der Waals surface area contributed by atoms with Crippen molar-refractivity contribution in [2.45, 2.75) is 25.3 Å². The van der Waals surface area contributed by atoms with Crippen molar-refractivity contribution in [2.75, 3.05) is 13.2 Å². The molecule has 0 radical (unpaired) electrons. The summed E-state index contributed by atoms with van der Waals surface area (Å²) in [5.41, 5.74) is 7.41. The van der Waals surface area contributed by atoms with E-state index >= 15 is 0 Å². The van der Waals surface area contributed by atoms with Crippen LogP contribution in [0.15, 0.2) is 18.2 Å². The van der Waals surface area contributed by atoms with Crippen LogP contribution in [0, 0.1) is 5.92 Å². The van der Waals surface area contributed by atoms with Crippen molar-refractivity contribution in [3.63, 3.8) is 0 Å². The summed E-state index contributed by atoms with van der Waals surface area (Å²) >= 11 is 0. The van der Waals surface area contributed by atoms with Gasteiger partial charge in [-0.25, -0.2) is 0 Å². The second-order valence-corrected chi connectivity index (χ2v) is 4.62. The van der Waals surface area contributed by atoms with E-state index in [9.17, 15) is 0 Å². The summed E-state index contributed by atoms with van der Waals surface area (Å²) in [6.45, 7) is 1.27. The van der Waals surface area contributed by atoms with Gasteiger partial charge in [0.2, 0.25) is 0 Å². The molecule has 1 aromatic carbocycles. The van der Waals surface area contributed by atoms with E-state index in [-0.39, 0.29) is 6.04 Å². The minimum atomic E-state index is 0.157. The summed E-state index contributed by atoms with van der Waals surface area (Å²) in [6.07, 6.45) is 3.84. The first-order chi connectivity index (χ1) is 7.84. The number of fused-ring (bicyclic) bond motifs is 1. The summed E-state index contributed by atoms with van der Waals surface area (Å²) < 4.78 is 11.1. The van der Waals surface area contributed by atoms with Crippen molar-refractivity contribution >= 4 is 0 Å². The summed E-state index contributed by atoms with van der Waals surface area (Å²) in [4.78, 5) is 0. The average Bonchev–Trinajstić information content (AvgIpc) is 2.26. The Hall–Kier alpha value is -1.22. The summed E-state index contributed by atoms with van der Waals surface area (Å²) in [7, 11) is 0. The summed E-state index contributed by atoms with van der Waals surface area (Å²) in [5, 5.41) is 0. The van der Waals surface area contributed by atoms with Crippen LogP contribution in [0.3, 0.4) is 0 Å². The van der Waals surface area contributed by atoms with Crippen LogP contribution < -0.4 is 15.2 Å². The van der Waals surface area contributed by atoms with Gasteiger partial charge in [0.25, 0.3) is 0 Å². The van der Waals surface area contributed by atoms with Crippen molar-refractivity contribution in [1.82, 2.24) is 0 Å². The third-order valence-corrected chi connectivity index (χ3v) is 3.61. The molecular formula is C13H17NO2. The number of ether oxygens (including phenoxy) is 2. The van der Waals surface area contributed by atoms with Crippen LogP contribution in [0.1, 0.15) is 30.9 Å². The maximum absolute atomic E-state index is 6.24. The molecule has 16 heavy (non-hydrogen) atoms. The van der Waals surface area contributed by atoms with Crippen LogP contribution >= 0.6 is 0 Å².